The normalized spacial score (nSPS) is 13.1. The number of aliphatic hydroxyl groups excluding tert-OH is 1. The van der Waals surface area contributed by atoms with Gasteiger partial charge in [0.2, 0.25) is 5.91 Å². The molecule has 3 heteroatoms. The van der Waals surface area contributed by atoms with Crippen LogP contribution < -0.4 is 5.32 Å². The Balaban J connectivity index is 2.66. The lowest BCUT2D eigenvalue weighted by Gasteiger charge is -2.31. The molecule has 19 heavy (non-hydrogen) atoms. The van der Waals surface area contributed by atoms with E-state index in [0.717, 1.165) is 11.1 Å². The summed E-state index contributed by atoms with van der Waals surface area (Å²) in [5, 5.41) is 12.1. The number of aliphatic hydroxyl groups is 1. The third kappa shape index (κ3) is 5.03. The molecule has 0 aliphatic rings. The molecule has 1 amide bonds. The number of nitrogens with one attached hydrogen (secondary N) is 1. The molecule has 0 heterocycles. The second kappa shape index (κ2) is 6.71. The van der Waals surface area contributed by atoms with Gasteiger partial charge in [-0.1, -0.05) is 45.0 Å². The summed E-state index contributed by atoms with van der Waals surface area (Å²) in [5.41, 5.74) is 2.13. The van der Waals surface area contributed by atoms with Crippen molar-refractivity contribution in [1.82, 2.24) is 5.32 Å². The Morgan fingerprint density at radius 2 is 1.95 bits per heavy atom. The van der Waals surface area contributed by atoms with Gasteiger partial charge in [-0.05, 0) is 29.9 Å². The van der Waals surface area contributed by atoms with E-state index in [1.165, 1.54) is 0 Å². The Hall–Kier alpha value is -1.35. The third-order valence-corrected chi connectivity index (χ3v) is 3.41. The van der Waals surface area contributed by atoms with Crippen molar-refractivity contribution in [3.63, 3.8) is 0 Å². The summed E-state index contributed by atoms with van der Waals surface area (Å²) in [5.74, 6) is 0.0164. The lowest BCUT2D eigenvalue weighted by atomic mass is 9.84. The fraction of sp³-hybridized carbons (Fsp3) is 0.562. The highest BCUT2D eigenvalue weighted by atomic mass is 16.3. The molecule has 0 saturated heterocycles. The quantitative estimate of drug-likeness (QED) is 0.857. The van der Waals surface area contributed by atoms with Crippen molar-refractivity contribution in [2.45, 2.75) is 46.6 Å². The molecule has 1 aromatic rings. The maximum atomic E-state index is 12.1. The van der Waals surface area contributed by atoms with E-state index in [0.29, 0.717) is 12.8 Å². The number of carbonyl (C=O) groups is 1. The van der Waals surface area contributed by atoms with E-state index in [9.17, 15) is 4.79 Å². The number of rotatable bonds is 5. The molecule has 1 rings (SSSR count). The summed E-state index contributed by atoms with van der Waals surface area (Å²) >= 11 is 0. The van der Waals surface area contributed by atoms with Crippen LogP contribution in [0.1, 0.15) is 38.3 Å². The van der Waals surface area contributed by atoms with Crippen molar-refractivity contribution in [1.29, 1.82) is 0 Å². The number of hydrogen-bond acceptors (Lipinski definition) is 2. The van der Waals surface area contributed by atoms with Crippen molar-refractivity contribution in [3.05, 3.63) is 35.4 Å². The van der Waals surface area contributed by atoms with Gasteiger partial charge in [-0.15, -0.1) is 0 Å². The van der Waals surface area contributed by atoms with Crippen molar-refractivity contribution in [2.75, 3.05) is 6.61 Å². The average molecular weight is 263 g/mol. The summed E-state index contributed by atoms with van der Waals surface area (Å²) < 4.78 is 0. The van der Waals surface area contributed by atoms with Gasteiger partial charge in [0.15, 0.2) is 0 Å². The van der Waals surface area contributed by atoms with Gasteiger partial charge in [0.25, 0.3) is 0 Å². The molecule has 0 aliphatic heterocycles. The number of amides is 1. The Bertz CT molecular complexity index is 421. The van der Waals surface area contributed by atoms with Crippen LogP contribution in [0, 0.1) is 12.3 Å². The zero-order chi connectivity index (χ0) is 14.5. The second-order valence-electron chi connectivity index (χ2n) is 6.10. The molecule has 0 spiro atoms. The predicted octanol–water partition coefficient (Wildman–Crippen LogP) is 2.45. The first-order valence-electron chi connectivity index (χ1n) is 6.79. The van der Waals surface area contributed by atoms with Gasteiger partial charge in [0, 0.05) is 12.6 Å². The molecule has 2 N–H and O–H groups in total. The highest BCUT2D eigenvalue weighted by molar-refractivity contribution is 5.79. The standard InChI is InChI=1S/C16H25NO2/c1-12-7-5-6-8-13(12)11-15(19)17-14(9-10-18)16(2,3)4/h5-8,14,18H,9-11H2,1-4H3,(H,17,19). The second-order valence-corrected chi connectivity index (χ2v) is 6.10. The van der Waals surface area contributed by atoms with E-state index in [2.05, 4.69) is 26.1 Å². The Kier molecular flexibility index (Phi) is 5.55. The topological polar surface area (TPSA) is 49.3 Å². The average Bonchev–Trinajstić information content (AvgIpc) is 2.30. The van der Waals surface area contributed by atoms with Crippen LogP contribution in [0.15, 0.2) is 24.3 Å². The van der Waals surface area contributed by atoms with Crippen molar-refractivity contribution < 1.29 is 9.90 Å². The van der Waals surface area contributed by atoms with E-state index in [-0.39, 0.29) is 24.0 Å². The van der Waals surface area contributed by atoms with Crippen LogP contribution in [0.3, 0.4) is 0 Å². The highest BCUT2D eigenvalue weighted by Gasteiger charge is 2.25. The lowest BCUT2D eigenvalue weighted by Crippen LogP contribution is -2.44. The molecule has 0 aromatic heterocycles. The Morgan fingerprint density at radius 3 is 2.47 bits per heavy atom. The van der Waals surface area contributed by atoms with E-state index in [4.69, 9.17) is 5.11 Å². The molecule has 0 saturated carbocycles. The monoisotopic (exact) mass is 263 g/mol. The molecule has 0 fully saturated rings. The van der Waals surface area contributed by atoms with Gasteiger partial charge in [0.1, 0.15) is 0 Å². The number of hydrogen-bond donors (Lipinski definition) is 2. The largest absolute Gasteiger partial charge is 0.396 e. The third-order valence-electron chi connectivity index (χ3n) is 3.41. The highest BCUT2D eigenvalue weighted by Crippen LogP contribution is 2.21. The number of carbonyl (C=O) groups excluding carboxylic acids is 1. The van der Waals surface area contributed by atoms with Crippen LogP contribution in [0.25, 0.3) is 0 Å². The lowest BCUT2D eigenvalue weighted by molar-refractivity contribution is -0.122. The smallest absolute Gasteiger partial charge is 0.224 e. The fourth-order valence-corrected chi connectivity index (χ4v) is 2.08. The molecule has 0 aliphatic carbocycles. The molecular formula is C16H25NO2. The molecule has 1 unspecified atom stereocenters. The van der Waals surface area contributed by atoms with Crippen molar-refractivity contribution >= 4 is 5.91 Å². The van der Waals surface area contributed by atoms with Gasteiger partial charge in [0.05, 0.1) is 6.42 Å². The SMILES string of the molecule is Cc1ccccc1CC(=O)NC(CCO)C(C)(C)C. The predicted molar refractivity (Wildman–Crippen MR) is 78.0 cm³/mol. The first kappa shape index (κ1) is 15.7. The van der Waals surface area contributed by atoms with Crippen molar-refractivity contribution in [3.8, 4) is 0 Å². The summed E-state index contributed by atoms with van der Waals surface area (Å²) in [6.45, 7) is 8.31. The maximum absolute atomic E-state index is 12.1. The van der Waals surface area contributed by atoms with Gasteiger partial charge >= 0.3 is 0 Å². The van der Waals surface area contributed by atoms with Crippen LogP contribution >= 0.6 is 0 Å². The van der Waals surface area contributed by atoms with Crippen LogP contribution in [-0.4, -0.2) is 23.7 Å². The molecule has 1 atom stereocenters. The van der Waals surface area contributed by atoms with Crippen LogP contribution in [0.4, 0.5) is 0 Å². The maximum Gasteiger partial charge on any atom is 0.224 e. The molecule has 1 aromatic carbocycles. The molecule has 106 valence electrons. The Morgan fingerprint density at radius 1 is 1.32 bits per heavy atom. The zero-order valence-corrected chi connectivity index (χ0v) is 12.4. The first-order chi connectivity index (χ1) is 8.84. The number of aryl methyl sites for hydroxylation is 1. The summed E-state index contributed by atoms with van der Waals surface area (Å²) in [4.78, 5) is 12.1. The van der Waals surface area contributed by atoms with E-state index < -0.39 is 0 Å². The Labute approximate surface area is 116 Å². The minimum Gasteiger partial charge on any atom is -0.396 e. The molecular weight excluding hydrogens is 238 g/mol. The molecule has 0 bridgehead atoms. The van der Waals surface area contributed by atoms with E-state index >= 15 is 0 Å². The minimum absolute atomic E-state index is 0.00554. The summed E-state index contributed by atoms with van der Waals surface area (Å²) in [7, 11) is 0. The number of benzene rings is 1. The minimum atomic E-state index is -0.0515. The zero-order valence-electron chi connectivity index (χ0n) is 12.4. The van der Waals surface area contributed by atoms with Crippen LogP contribution in [-0.2, 0) is 11.2 Å². The molecule has 0 radical (unpaired) electrons. The van der Waals surface area contributed by atoms with Gasteiger partial charge in [-0.2, -0.15) is 0 Å². The van der Waals surface area contributed by atoms with E-state index in [1.807, 2.05) is 31.2 Å². The van der Waals surface area contributed by atoms with Gasteiger partial charge in [-0.3, -0.25) is 4.79 Å². The van der Waals surface area contributed by atoms with E-state index in [1.54, 1.807) is 0 Å². The molecule has 3 nitrogen and oxygen atoms in total. The fourth-order valence-electron chi connectivity index (χ4n) is 2.08. The van der Waals surface area contributed by atoms with Crippen LogP contribution in [0.2, 0.25) is 0 Å². The van der Waals surface area contributed by atoms with Crippen LogP contribution in [0.5, 0.6) is 0 Å². The van der Waals surface area contributed by atoms with Gasteiger partial charge < -0.3 is 10.4 Å². The summed E-state index contributed by atoms with van der Waals surface area (Å²) in [6, 6.07) is 7.91. The first-order valence-corrected chi connectivity index (χ1v) is 6.79. The summed E-state index contributed by atoms with van der Waals surface area (Å²) in [6.07, 6.45) is 0.980. The van der Waals surface area contributed by atoms with Gasteiger partial charge in [-0.25, -0.2) is 0 Å². The van der Waals surface area contributed by atoms with Crippen molar-refractivity contribution in [2.24, 2.45) is 5.41 Å².